The molecule has 0 spiro atoms. The van der Waals surface area contributed by atoms with Crippen molar-refractivity contribution < 1.29 is 9.13 Å². The number of hydrogen-bond donors (Lipinski definition) is 1. The highest BCUT2D eigenvalue weighted by Crippen LogP contribution is 2.65. The highest BCUT2D eigenvalue weighted by Gasteiger charge is 2.64. The lowest BCUT2D eigenvalue weighted by molar-refractivity contribution is 0.384. The van der Waals surface area contributed by atoms with E-state index in [1.807, 2.05) is 12.1 Å². The maximum atomic E-state index is 13.5. The van der Waals surface area contributed by atoms with Crippen LogP contribution in [0.2, 0.25) is 0 Å². The van der Waals surface area contributed by atoms with Crippen LogP contribution in [0.3, 0.4) is 0 Å². The molecule has 5 unspecified atom stereocenters. The van der Waals surface area contributed by atoms with E-state index in [-0.39, 0.29) is 11.9 Å². The molecule has 20 heavy (non-hydrogen) atoms. The largest absolute Gasteiger partial charge is 0.494 e. The van der Waals surface area contributed by atoms with Gasteiger partial charge in [0.1, 0.15) is 0 Å². The number of halogens is 1. The Balaban J connectivity index is 1.45. The number of fused-ring (bicyclic) bond motifs is 5. The lowest BCUT2D eigenvalue weighted by atomic mass is 10.0. The minimum atomic E-state index is -0.287. The quantitative estimate of drug-likeness (QED) is 0.907. The van der Waals surface area contributed by atoms with Crippen molar-refractivity contribution >= 4 is 0 Å². The SMILES string of the molecule is COc1cc(C(C)NC2C3C4CCC(C4)C23)ccc1F. The first-order valence-electron chi connectivity index (χ1n) is 7.78. The van der Waals surface area contributed by atoms with Gasteiger partial charge in [0.05, 0.1) is 7.11 Å². The van der Waals surface area contributed by atoms with Crippen LogP contribution in [0.15, 0.2) is 18.2 Å². The van der Waals surface area contributed by atoms with Crippen LogP contribution in [-0.2, 0) is 0 Å². The highest BCUT2D eigenvalue weighted by atomic mass is 19.1. The predicted molar refractivity (Wildman–Crippen MR) is 76.1 cm³/mol. The Morgan fingerprint density at radius 2 is 1.95 bits per heavy atom. The molecule has 3 aliphatic carbocycles. The van der Waals surface area contributed by atoms with E-state index in [0.717, 1.165) is 29.2 Å². The van der Waals surface area contributed by atoms with Crippen molar-refractivity contribution in [2.75, 3.05) is 7.11 Å². The van der Waals surface area contributed by atoms with Crippen LogP contribution in [0.4, 0.5) is 4.39 Å². The molecule has 3 heteroatoms. The summed E-state index contributed by atoms with van der Waals surface area (Å²) >= 11 is 0. The molecule has 0 amide bonds. The van der Waals surface area contributed by atoms with E-state index in [1.165, 1.54) is 32.4 Å². The molecule has 5 atom stereocenters. The van der Waals surface area contributed by atoms with E-state index in [2.05, 4.69) is 12.2 Å². The minimum absolute atomic E-state index is 0.263. The molecule has 0 heterocycles. The second-order valence-electron chi connectivity index (χ2n) is 6.80. The smallest absolute Gasteiger partial charge is 0.165 e. The van der Waals surface area contributed by atoms with Crippen LogP contribution in [0, 0.1) is 29.5 Å². The predicted octanol–water partition coefficient (Wildman–Crippen LogP) is 3.53. The molecule has 1 N–H and O–H groups in total. The van der Waals surface area contributed by atoms with Gasteiger partial charge in [-0.1, -0.05) is 6.07 Å². The van der Waals surface area contributed by atoms with Crippen LogP contribution >= 0.6 is 0 Å². The monoisotopic (exact) mass is 275 g/mol. The van der Waals surface area contributed by atoms with Crippen molar-refractivity contribution in [1.82, 2.24) is 5.32 Å². The zero-order chi connectivity index (χ0) is 13.9. The van der Waals surface area contributed by atoms with Crippen molar-refractivity contribution in [3.63, 3.8) is 0 Å². The van der Waals surface area contributed by atoms with Gasteiger partial charge in [0, 0.05) is 12.1 Å². The number of hydrogen-bond acceptors (Lipinski definition) is 2. The van der Waals surface area contributed by atoms with Gasteiger partial charge >= 0.3 is 0 Å². The first-order chi connectivity index (χ1) is 9.69. The summed E-state index contributed by atoms with van der Waals surface area (Å²) in [6.45, 7) is 2.17. The molecular weight excluding hydrogens is 253 g/mol. The summed E-state index contributed by atoms with van der Waals surface area (Å²) in [7, 11) is 1.52. The first-order valence-corrected chi connectivity index (χ1v) is 7.78. The second kappa shape index (κ2) is 4.45. The first kappa shape index (κ1) is 12.6. The zero-order valence-electron chi connectivity index (χ0n) is 12.1. The molecule has 0 saturated heterocycles. The Bertz CT molecular complexity index is 516. The third-order valence-electron chi connectivity index (χ3n) is 5.85. The summed E-state index contributed by atoms with van der Waals surface area (Å²) in [6.07, 6.45) is 4.37. The lowest BCUT2D eigenvalue weighted by Gasteiger charge is -2.18. The average molecular weight is 275 g/mol. The summed E-state index contributed by atoms with van der Waals surface area (Å²) in [4.78, 5) is 0. The molecule has 2 nitrogen and oxygen atoms in total. The molecule has 4 rings (SSSR count). The van der Waals surface area contributed by atoms with E-state index in [9.17, 15) is 4.39 Å². The van der Waals surface area contributed by atoms with E-state index in [1.54, 1.807) is 0 Å². The van der Waals surface area contributed by atoms with Crippen molar-refractivity contribution in [3.8, 4) is 5.75 Å². The fraction of sp³-hybridized carbons (Fsp3) is 0.647. The zero-order valence-corrected chi connectivity index (χ0v) is 12.1. The van der Waals surface area contributed by atoms with E-state index < -0.39 is 0 Å². The summed E-state index contributed by atoms with van der Waals surface area (Å²) in [5, 5.41) is 3.77. The Labute approximate surface area is 119 Å². The van der Waals surface area contributed by atoms with E-state index in [4.69, 9.17) is 4.74 Å². The molecular formula is C17H22FNO. The van der Waals surface area contributed by atoms with E-state index in [0.29, 0.717) is 11.8 Å². The van der Waals surface area contributed by atoms with Gasteiger partial charge in [0.15, 0.2) is 11.6 Å². The van der Waals surface area contributed by atoms with Crippen molar-refractivity contribution in [2.45, 2.75) is 38.3 Å². The Morgan fingerprint density at radius 1 is 1.25 bits per heavy atom. The van der Waals surface area contributed by atoms with Crippen molar-refractivity contribution in [2.24, 2.45) is 23.7 Å². The Kier molecular flexibility index (Phi) is 2.81. The van der Waals surface area contributed by atoms with Crippen LogP contribution in [-0.4, -0.2) is 13.2 Å². The molecule has 1 aromatic rings. The Morgan fingerprint density at radius 3 is 2.60 bits per heavy atom. The fourth-order valence-corrected chi connectivity index (χ4v) is 4.88. The normalized spacial score (nSPS) is 38.6. The molecule has 0 aliphatic heterocycles. The topological polar surface area (TPSA) is 21.3 Å². The van der Waals surface area contributed by atoms with E-state index >= 15 is 0 Å². The third-order valence-corrected chi connectivity index (χ3v) is 5.85. The maximum Gasteiger partial charge on any atom is 0.165 e. The molecule has 0 radical (unpaired) electrons. The van der Waals surface area contributed by atoms with Crippen molar-refractivity contribution in [1.29, 1.82) is 0 Å². The van der Waals surface area contributed by atoms with Gasteiger partial charge in [-0.2, -0.15) is 0 Å². The number of rotatable bonds is 4. The summed E-state index contributed by atoms with van der Waals surface area (Å²) in [6, 6.07) is 6.15. The van der Waals surface area contributed by atoms with Crippen LogP contribution in [0.25, 0.3) is 0 Å². The molecule has 3 aliphatic rings. The van der Waals surface area contributed by atoms with Gasteiger partial charge in [-0.3, -0.25) is 0 Å². The van der Waals surface area contributed by atoms with Crippen molar-refractivity contribution in [3.05, 3.63) is 29.6 Å². The number of benzene rings is 1. The molecule has 3 saturated carbocycles. The Hall–Kier alpha value is -1.09. The summed E-state index contributed by atoms with van der Waals surface area (Å²) < 4.78 is 18.5. The molecule has 0 aromatic heterocycles. The number of methoxy groups -OCH3 is 1. The van der Waals surface area contributed by atoms with Gasteiger partial charge in [0.25, 0.3) is 0 Å². The lowest BCUT2D eigenvalue weighted by Crippen LogP contribution is -2.26. The standard InChI is InChI=1S/C17H22FNO/c1-9(10-5-6-13(18)14(8-10)20-2)19-17-15-11-3-4-12(7-11)16(15)17/h5-6,8-9,11-12,15-17,19H,3-4,7H2,1-2H3. The van der Waals surface area contributed by atoms with Crippen LogP contribution in [0.5, 0.6) is 5.75 Å². The minimum Gasteiger partial charge on any atom is -0.494 e. The average Bonchev–Trinajstić information content (AvgIpc) is 2.85. The fourth-order valence-electron chi connectivity index (χ4n) is 4.88. The molecule has 1 aromatic carbocycles. The van der Waals surface area contributed by atoms with Gasteiger partial charge in [0.2, 0.25) is 0 Å². The molecule has 2 bridgehead atoms. The van der Waals surface area contributed by atoms with Crippen LogP contribution < -0.4 is 10.1 Å². The summed E-state index contributed by atoms with van der Waals surface area (Å²) in [5.41, 5.74) is 1.11. The maximum absolute atomic E-state index is 13.5. The highest BCUT2D eigenvalue weighted by molar-refractivity contribution is 5.32. The summed E-state index contributed by atoms with van der Waals surface area (Å²) in [5.74, 6) is 3.88. The van der Waals surface area contributed by atoms with Crippen LogP contribution in [0.1, 0.15) is 37.8 Å². The second-order valence-corrected chi connectivity index (χ2v) is 6.80. The molecule has 108 valence electrons. The van der Waals surface area contributed by atoms with Gasteiger partial charge in [-0.15, -0.1) is 0 Å². The number of ether oxygens (including phenoxy) is 1. The van der Waals surface area contributed by atoms with Gasteiger partial charge in [-0.05, 0) is 67.6 Å². The van der Waals surface area contributed by atoms with Gasteiger partial charge in [-0.25, -0.2) is 4.39 Å². The third kappa shape index (κ3) is 1.79. The molecule has 3 fully saturated rings. The number of nitrogens with one attached hydrogen (secondary N) is 1. The van der Waals surface area contributed by atoms with Gasteiger partial charge < -0.3 is 10.1 Å².